The van der Waals surface area contributed by atoms with Crippen LogP contribution in [0.25, 0.3) is 11.1 Å². The summed E-state index contributed by atoms with van der Waals surface area (Å²) in [4.78, 5) is 24.7. The van der Waals surface area contributed by atoms with Gasteiger partial charge < -0.3 is 14.8 Å². The van der Waals surface area contributed by atoms with Crippen molar-refractivity contribution >= 4 is 11.9 Å². The number of para-hydroxylation sites is 1. The van der Waals surface area contributed by atoms with E-state index in [1.807, 2.05) is 24.3 Å². The minimum Gasteiger partial charge on any atom is -0.496 e. The minimum absolute atomic E-state index is 0.298. The number of rotatable bonds is 8. The van der Waals surface area contributed by atoms with E-state index >= 15 is 0 Å². The molecule has 0 radical (unpaired) electrons. The van der Waals surface area contributed by atoms with Crippen molar-refractivity contribution in [2.24, 2.45) is 0 Å². The van der Waals surface area contributed by atoms with Gasteiger partial charge in [-0.05, 0) is 35.7 Å². The Hall–Kier alpha value is -4.11. The summed E-state index contributed by atoms with van der Waals surface area (Å²) in [5.74, 6) is -0.251. The third-order valence-electron chi connectivity index (χ3n) is 4.73. The van der Waals surface area contributed by atoms with Gasteiger partial charge in [0.25, 0.3) is 5.91 Å². The first kappa shape index (κ1) is 21.6. The molecule has 0 unspecified atom stereocenters. The molecule has 3 rings (SSSR count). The fourth-order valence-corrected chi connectivity index (χ4v) is 3.22. The highest BCUT2D eigenvalue weighted by atomic mass is 16.5. The normalized spacial score (nSPS) is 10.1. The first-order valence-corrected chi connectivity index (χ1v) is 9.78. The van der Waals surface area contributed by atoms with Crippen LogP contribution in [0.4, 0.5) is 0 Å². The molecule has 6 nitrogen and oxygen atoms in total. The maximum Gasteiger partial charge on any atom is 0.339 e. The summed E-state index contributed by atoms with van der Waals surface area (Å²) in [6.45, 7) is 0.00186. The predicted octanol–water partition coefficient (Wildman–Crippen LogP) is 3.75. The highest BCUT2D eigenvalue weighted by molar-refractivity contribution is 5.98. The van der Waals surface area contributed by atoms with Gasteiger partial charge in [0, 0.05) is 12.1 Å². The molecule has 0 saturated heterocycles. The Labute approximate surface area is 181 Å². The van der Waals surface area contributed by atoms with E-state index in [9.17, 15) is 14.9 Å². The van der Waals surface area contributed by atoms with Crippen molar-refractivity contribution in [2.75, 3.05) is 20.3 Å². The molecule has 6 heteroatoms. The molecule has 0 aromatic heterocycles. The average molecular weight is 414 g/mol. The van der Waals surface area contributed by atoms with E-state index in [0.29, 0.717) is 35.2 Å². The monoisotopic (exact) mass is 414 g/mol. The summed E-state index contributed by atoms with van der Waals surface area (Å²) in [7, 11) is 1.60. The van der Waals surface area contributed by atoms with Gasteiger partial charge in [0.05, 0.1) is 24.3 Å². The molecule has 0 aliphatic rings. The van der Waals surface area contributed by atoms with Crippen LogP contribution in [-0.2, 0) is 16.0 Å². The molecule has 0 aliphatic heterocycles. The summed E-state index contributed by atoms with van der Waals surface area (Å²) in [6.07, 6.45) is 0.595. The second kappa shape index (κ2) is 10.6. The molecule has 0 spiro atoms. The van der Waals surface area contributed by atoms with Crippen molar-refractivity contribution in [2.45, 2.75) is 6.42 Å². The van der Waals surface area contributed by atoms with Crippen molar-refractivity contribution in [3.05, 3.63) is 89.5 Å². The Morgan fingerprint density at radius 3 is 2.39 bits per heavy atom. The lowest BCUT2D eigenvalue weighted by molar-refractivity contribution is -0.124. The molecule has 1 N–H and O–H groups in total. The lowest BCUT2D eigenvalue weighted by Crippen LogP contribution is -2.30. The van der Waals surface area contributed by atoms with Gasteiger partial charge in [-0.25, -0.2) is 4.79 Å². The topological polar surface area (TPSA) is 88.4 Å². The van der Waals surface area contributed by atoms with E-state index in [1.54, 1.807) is 55.6 Å². The van der Waals surface area contributed by atoms with Crippen LogP contribution in [0.1, 0.15) is 21.5 Å². The van der Waals surface area contributed by atoms with E-state index in [-0.39, 0.29) is 6.61 Å². The van der Waals surface area contributed by atoms with Crippen LogP contribution < -0.4 is 10.1 Å². The highest BCUT2D eigenvalue weighted by Crippen LogP contribution is 2.27. The Balaban J connectivity index is 1.59. The van der Waals surface area contributed by atoms with Crippen LogP contribution in [0.5, 0.6) is 5.75 Å². The summed E-state index contributed by atoms with van der Waals surface area (Å²) in [6, 6.07) is 23.6. The summed E-state index contributed by atoms with van der Waals surface area (Å²) in [5.41, 5.74) is 2.95. The molecular weight excluding hydrogens is 392 g/mol. The lowest BCUT2D eigenvalue weighted by Gasteiger charge is -2.11. The van der Waals surface area contributed by atoms with Crippen molar-refractivity contribution in [3.8, 4) is 22.9 Å². The predicted molar refractivity (Wildman–Crippen MR) is 117 cm³/mol. The maximum absolute atomic E-state index is 12.6. The number of amides is 1. The average Bonchev–Trinajstić information content (AvgIpc) is 2.82. The maximum atomic E-state index is 12.6. The van der Waals surface area contributed by atoms with Crippen LogP contribution in [0.15, 0.2) is 72.8 Å². The molecule has 0 atom stereocenters. The number of carbonyl (C=O) groups excluding carboxylic acids is 2. The Morgan fingerprint density at radius 1 is 0.935 bits per heavy atom. The molecule has 0 bridgehead atoms. The second-order valence-corrected chi connectivity index (χ2v) is 6.69. The molecule has 0 fully saturated rings. The van der Waals surface area contributed by atoms with E-state index in [4.69, 9.17) is 9.47 Å². The van der Waals surface area contributed by atoms with Gasteiger partial charge in [0.2, 0.25) is 0 Å². The lowest BCUT2D eigenvalue weighted by atomic mass is 9.96. The fourth-order valence-electron chi connectivity index (χ4n) is 3.22. The third-order valence-corrected chi connectivity index (χ3v) is 4.73. The van der Waals surface area contributed by atoms with Gasteiger partial charge in [-0.3, -0.25) is 4.79 Å². The molecule has 3 aromatic rings. The van der Waals surface area contributed by atoms with Crippen molar-refractivity contribution in [1.29, 1.82) is 5.26 Å². The largest absolute Gasteiger partial charge is 0.496 e. The van der Waals surface area contributed by atoms with Crippen molar-refractivity contribution in [3.63, 3.8) is 0 Å². The van der Waals surface area contributed by atoms with Gasteiger partial charge in [-0.1, -0.05) is 54.6 Å². The first-order valence-electron chi connectivity index (χ1n) is 9.78. The van der Waals surface area contributed by atoms with E-state index in [0.717, 1.165) is 11.3 Å². The number of carbonyl (C=O) groups is 2. The molecule has 1 amide bonds. The molecule has 156 valence electrons. The number of methoxy groups -OCH3 is 1. The molecule has 3 aromatic carbocycles. The van der Waals surface area contributed by atoms with Crippen LogP contribution in [0, 0.1) is 11.3 Å². The Bertz CT molecular complexity index is 1120. The smallest absolute Gasteiger partial charge is 0.339 e. The quantitative estimate of drug-likeness (QED) is 0.567. The zero-order valence-corrected chi connectivity index (χ0v) is 17.1. The van der Waals surface area contributed by atoms with Crippen LogP contribution in [0.3, 0.4) is 0 Å². The summed E-state index contributed by atoms with van der Waals surface area (Å²) in [5, 5.41) is 12.1. The number of esters is 1. The number of benzene rings is 3. The highest BCUT2D eigenvalue weighted by Gasteiger charge is 2.17. The Kier molecular flexibility index (Phi) is 7.39. The van der Waals surface area contributed by atoms with Crippen LogP contribution >= 0.6 is 0 Å². The van der Waals surface area contributed by atoms with Gasteiger partial charge in [0.1, 0.15) is 5.75 Å². The van der Waals surface area contributed by atoms with Gasteiger partial charge >= 0.3 is 5.97 Å². The van der Waals surface area contributed by atoms with E-state index < -0.39 is 11.9 Å². The second-order valence-electron chi connectivity index (χ2n) is 6.69. The number of nitriles is 1. The van der Waals surface area contributed by atoms with Gasteiger partial charge in [-0.15, -0.1) is 0 Å². The molecular formula is C25H22N2O4. The zero-order chi connectivity index (χ0) is 22.1. The van der Waals surface area contributed by atoms with E-state index in [1.165, 1.54) is 0 Å². The Morgan fingerprint density at radius 2 is 1.61 bits per heavy atom. The zero-order valence-electron chi connectivity index (χ0n) is 17.1. The fraction of sp³-hybridized carbons (Fsp3) is 0.160. The van der Waals surface area contributed by atoms with E-state index in [2.05, 4.69) is 11.4 Å². The number of hydrogen-bond donors (Lipinski definition) is 1. The SMILES string of the molecule is COc1ccccc1CCNC(=O)COC(=O)c1ccccc1-c1ccccc1C#N. The minimum atomic E-state index is -0.622. The van der Waals surface area contributed by atoms with Crippen molar-refractivity contribution < 1.29 is 19.1 Å². The third kappa shape index (κ3) is 5.49. The number of hydrogen-bond acceptors (Lipinski definition) is 5. The molecule has 0 saturated carbocycles. The number of nitrogens with zero attached hydrogens (tertiary/aromatic N) is 1. The van der Waals surface area contributed by atoms with Crippen molar-refractivity contribution in [1.82, 2.24) is 5.32 Å². The summed E-state index contributed by atoms with van der Waals surface area (Å²) < 4.78 is 10.5. The standard InChI is InChI=1S/C25H22N2O4/c1-30-23-13-7-3-8-18(23)14-15-27-24(28)17-31-25(29)22-12-6-5-11-21(22)20-10-4-2-9-19(20)16-26/h2-13H,14-15,17H2,1H3,(H,27,28). The number of ether oxygens (including phenoxy) is 2. The van der Waals surface area contributed by atoms with Crippen LogP contribution in [0.2, 0.25) is 0 Å². The number of nitrogens with one attached hydrogen (secondary N) is 1. The summed E-state index contributed by atoms with van der Waals surface area (Å²) >= 11 is 0. The van der Waals surface area contributed by atoms with Gasteiger partial charge in [-0.2, -0.15) is 5.26 Å². The van der Waals surface area contributed by atoms with Crippen LogP contribution in [-0.4, -0.2) is 32.1 Å². The first-order chi connectivity index (χ1) is 15.1. The molecule has 0 aliphatic carbocycles. The molecule has 0 heterocycles. The molecule has 31 heavy (non-hydrogen) atoms. The van der Waals surface area contributed by atoms with Gasteiger partial charge in [0.15, 0.2) is 6.61 Å².